The van der Waals surface area contributed by atoms with Gasteiger partial charge in [0.2, 0.25) is 0 Å². The molecule has 0 saturated carbocycles. The summed E-state index contributed by atoms with van der Waals surface area (Å²) in [7, 11) is 0. The zero-order chi connectivity index (χ0) is 14.9. The van der Waals surface area contributed by atoms with Gasteiger partial charge in [0.05, 0.1) is 5.69 Å². The summed E-state index contributed by atoms with van der Waals surface area (Å²) in [5, 5.41) is 0. The summed E-state index contributed by atoms with van der Waals surface area (Å²) in [4.78, 5) is 18.7. The summed E-state index contributed by atoms with van der Waals surface area (Å²) in [6, 6.07) is 3.40. The predicted molar refractivity (Wildman–Crippen MR) is 76.5 cm³/mol. The van der Waals surface area contributed by atoms with Crippen molar-refractivity contribution < 1.29 is 8.78 Å². The summed E-state index contributed by atoms with van der Waals surface area (Å²) in [5.74, 6) is -1.36. The van der Waals surface area contributed by atoms with Crippen molar-refractivity contribution in [3.05, 3.63) is 50.4 Å². The minimum absolute atomic E-state index is 0.229. The molecular weight excluding hydrogens is 330 g/mol. The fourth-order valence-electron chi connectivity index (χ4n) is 1.81. The van der Waals surface area contributed by atoms with Crippen molar-refractivity contribution in [2.75, 3.05) is 0 Å². The van der Waals surface area contributed by atoms with Gasteiger partial charge in [0.25, 0.3) is 5.56 Å². The zero-order valence-corrected chi connectivity index (χ0v) is 12.6. The fraction of sp³-hybridized carbons (Fsp3) is 0.286. The van der Waals surface area contributed by atoms with E-state index in [2.05, 4.69) is 25.9 Å². The molecular formula is C14H13BrF2N2O. The molecule has 1 aromatic carbocycles. The molecule has 0 unspecified atom stereocenters. The smallest absolute Gasteiger partial charge is 0.265 e. The molecule has 0 saturated heterocycles. The molecule has 0 bridgehead atoms. The normalized spacial score (nSPS) is 11.1. The molecule has 2 aromatic rings. The molecule has 0 aliphatic rings. The SMILES string of the molecule is CC(C)Cc1nc(-c2ccc(F)c(F)c2)[nH]c(=O)c1Br. The molecule has 106 valence electrons. The number of rotatable bonds is 3. The van der Waals surface area contributed by atoms with Gasteiger partial charge in [0.15, 0.2) is 11.6 Å². The first-order valence-corrected chi connectivity index (χ1v) is 6.92. The van der Waals surface area contributed by atoms with Gasteiger partial charge >= 0.3 is 0 Å². The van der Waals surface area contributed by atoms with Crippen molar-refractivity contribution in [2.45, 2.75) is 20.3 Å². The molecule has 0 spiro atoms. The Kier molecular flexibility index (Phi) is 4.32. The molecule has 0 atom stereocenters. The summed E-state index contributed by atoms with van der Waals surface area (Å²) in [6.07, 6.45) is 0.612. The van der Waals surface area contributed by atoms with E-state index in [0.717, 1.165) is 12.1 Å². The minimum atomic E-state index is -0.974. The summed E-state index contributed by atoms with van der Waals surface area (Å²) >= 11 is 3.20. The van der Waals surface area contributed by atoms with Gasteiger partial charge in [-0.3, -0.25) is 4.79 Å². The van der Waals surface area contributed by atoms with Gasteiger partial charge in [-0.1, -0.05) is 13.8 Å². The Morgan fingerprint density at radius 3 is 2.60 bits per heavy atom. The second-order valence-electron chi connectivity index (χ2n) is 4.90. The Hall–Kier alpha value is -1.56. The quantitative estimate of drug-likeness (QED) is 0.924. The van der Waals surface area contributed by atoms with Crippen molar-refractivity contribution in [1.82, 2.24) is 9.97 Å². The van der Waals surface area contributed by atoms with Crippen LogP contribution < -0.4 is 5.56 Å². The van der Waals surface area contributed by atoms with Crippen LogP contribution in [0.1, 0.15) is 19.5 Å². The van der Waals surface area contributed by atoms with Gasteiger partial charge < -0.3 is 4.98 Å². The van der Waals surface area contributed by atoms with Crippen molar-refractivity contribution in [3.8, 4) is 11.4 Å². The number of hydrogen-bond donors (Lipinski definition) is 1. The lowest BCUT2D eigenvalue weighted by Gasteiger charge is -2.09. The molecule has 0 aliphatic carbocycles. The van der Waals surface area contributed by atoms with Gasteiger partial charge in [-0.05, 0) is 46.5 Å². The molecule has 0 amide bonds. The van der Waals surface area contributed by atoms with Crippen LogP contribution in [0.2, 0.25) is 0 Å². The van der Waals surface area contributed by atoms with Crippen LogP contribution in [0.25, 0.3) is 11.4 Å². The average molecular weight is 343 g/mol. The zero-order valence-electron chi connectivity index (χ0n) is 11.0. The van der Waals surface area contributed by atoms with E-state index in [1.54, 1.807) is 0 Å². The molecule has 1 N–H and O–H groups in total. The lowest BCUT2D eigenvalue weighted by molar-refractivity contribution is 0.509. The van der Waals surface area contributed by atoms with Crippen LogP contribution >= 0.6 is 15.9 Å². The Morgan fingerprint density at radius 1 is 1.30 bits per heavy atom. The van der Waals surface area contributed by atoms with Gasteiger partial charge in [0.1, 0.15) is 10.3 Å². The number of aromatic nitrogens is 2. The van der Waals surface area contributed by atoms with E-state index in [9.17, 15) is 13.6 Å². The topological polar surface area (TPSA) is 45.8 Å². The maximum Gasteiger partial charge on any atom is 0.265 e. The first-order valence-electron chi connectivity index (χ1n) is 6.12. The first kappa shape index (κ1) is 14.8. The van der Waals surface area contributed by atoms with E-state index in [1.165, 1.54) is 6.07 Å². The van der Waals surface area contributed by atoms with E-state index >= 15 is 0 Å². The summed E-state index contributed by atoms with van der Waals surface area (Å²) in [5.41, 5.74) is 0.595. The van der Waals surface area contributed by atoms with Crippen LogP contribution in [0.5, 0.6) is 0 Å². The van der Waals surface area contributed by atoms with Crippen LogP contribution in [0.3, 0.4) is 0 Å². The number of nitrogens with one attached hydrogen (secondary N) is 1. The largest absolute Gasteiger partial charge is 0.306 e. The number of nitrogens with zero attached hydrogens (tertiary/aromatic N) is 1. The highest BCUT2D eigenvalue weighted by molar-refractivity contribution is 9.10. The maximum atomic E-state index is 13.3. The van der Waals surface area contributed by atoms with Crippen molar-refractivity contribution >= 4 is 15.9 Å². The molecule has 1 heterocycles. The Morgan fingerprint density at radius 2 is 2.00 bits per heavy atom. The number of hydrogen-bond acceptors (Lipinski definition) is 2. The van der Waals surface area contributed by atoms with E-state index in [4.69, 9.17) is 0 Å². The molecule has 3 nitrogen and oxygen atoms in total. The standard InChI is InChI=1S/C14H13BrF2N2O/c1-7(2)5-11-12(15)14(20)19-13(18-11)8-3-4-9(16)10(17)6-8/h3-4,6-7H,5H2,1-2H3,(H,18,19,20). The van der Waals surface area contributed by atoms with Crippen LogP contribution in [-0.4, -0.2) is 9.97 Å². The number of halogens is 3. The molecule has 20 heavy (non-hydrogen) atoms. The highest BCUT2D eigenvalue weighted by Crippen LogP contribution is 2.20. The molecule has 0 radical (unpaired) electrons. The van der Waals surface area contributed by atoms with Gasteiger partial charge in [-0.2, -0.15) is 0 Å². The van der Waals surface area contributed by atoms with Crippen LogP contribution in [0.15, 0.2) is 27.5 Å². The van der Waals surface area contributed by atoms with Gasteiger partial charge in [-0.25, -0.2) is 13.8 Å². The monoisotopic (exact) mass is 342 g/mol. The average Bonchev–Trinajstić information content (AvgIpc) is 2.37. The van der Waals surface area contributed by atoms with Crippen molar-refractivity contribution in [2.24, 2.45) is 5.92 Å². The van der Waals surface area contributed by atoms with Gasteiger partial charge in [-0.15, -0.1) is 0 Å². The first-order chi connectivity index (χ1) is 9.38. The second kappa shape index (κ2) is 5.83. The molecule has 0 fully saturated rings. The summed E-state index contributed by atoms with van der Waals surface area (Å²) in [6.45, 7) is 4.01. The van der Waals surface area contributed by atoms with E-state index in [0.29, 0.717) is 28.1 Å². The van der Waals surface area contributed by atoms with Crippen molar-refractivity contribution in [3.63, 3.8) is 0 Å². The molecule has 2 rings (SSSR count). The number of benzene rings is 1. The highest BCUT2D eigenvalue weighted by atomic mass is 79.9. The molecule has 6 heteroatoms. The third-order valence-corrected chi connectivity index (χ3v) is 3.54. The predicted octanol–water partition coefficient (Wildman–Crippen LogP) is 3.68. The Bertz CT molecular complexity index is 698. The van der Waals surface area contributed by atoms with Crippen LogP contribution in [0, 0.1) is 17.6 Å². The van der Waals surface area contributed by atoms with E-state index in [1.807, 2.05) is 13.8 Å². The Labute approximate surface area is 123 Å². The number of H-pyrrole nitrogens is 1. The third-order valence-electron chi connectivity index (χ3n) is 2.73. The van der Waals surface area contributed by atoms with E-state index in [-0.39, 0.29) is 11.4 Å². The highest BCUT2D eigenvalue weighted by Gasteiger charge is 2.13. The maximum absolute atomic E-state index is 13.3. The van der Waals surface area contributed by atoms with Crippen LogP contribution in [0.4, 0.5) is 8.78 Å². The van der Waals surface area contributed by atoms with Crippen LogP contribution in [-0.2, 0) is 6.42 Å². The lowest BCUT2D eigenvalue weighted by atomic mass is 10.1. The second-order valence-corrected chi connectivity index (χ2v) is 5.70. The van der Waals surface area contributed by atoms with Crippen molar-refractivity contribution in [1.29, 1.82) is 0 Å². The molecule has 1 aromatic heterocycles. The molecule has 0 aliphatic heterocycles. The van der Waals surface area contributed by atoms with E-state index < -0.39 is 11.6 Å². The Balaban J connectivity index is 2.54. The van der Waals surface area contributed by atoms with Gasteiger partial charge in [0, 0.05) is 5.56 Å². The third kappa shape index (κ3) is 3.12. The minimum Gasteiger partial charge on any atom is -0.306 e. The fourth-order valence-corrected chi connectivity index (χ4v) is 2.16. The number of aromatic amines is 1. The summed E-state index contributed by atoms with van der Waals surface area (Å²) < 4.78 is 26.6. The lowest BCUT2D eigenvalue weighted by Crippen LogP contribution is -2.15.